The normalized spacial score (nSPS) is 12.0. The predicted octanol–water partition coefficient (Wildman–Crippen LogP) is 2.31. The van der Waals surface area contributed by atoms with Gasteiger partial charge in [-0.2, -0.15) is 0 Å². The first-order valence-corrected chi connectivity index (χ1v) is 4.82. The molecule has 14 heavy (non-hydrogen) atoms. The lowest BCUT2D eigenvalue weighted by molar-refractivity contribution is 0.182. The predicted molar refractivity (Wildman–Crippen MR) is 56.0 cm³/mol. The number of furan rings is 1. The van der Waals surface area contributed by atoms with E-state index in [0.717, 1.165) is 17.9 Å². The first-order chi connectivity index (χ1) is 6.53. The van der Waals surface area contributed by atoms with Gasteiger partial charge in [-0.3, -0.25) is 0 Å². The molecule has 0 fully saturated rings. The zero-order valence-electron chi connectivity index (χ0n) is 9.39. The Morgan fingerprint density at radius 3 is 2.71 bits per heavy atom. The van der Waals surface area contributed by atoms with Crippen molar-refractivity contribution in [3.8, 4) is 0 Å². The highest BCUT2D eigenvalue weighted by atomic mass is 16.5. The highest BCUT2D eigenvalue weighted by molar-refractivity contribution is 5.16. The monoisotopic (exact) mass is 197 g/mol. The van der Waals surface area contributed by atoms with Gasteiger partial charge in [0.25, 0.3) is 0 Å². The number of hydrogen-bond donors (Lipinski definition) is 1. The lowest BCUT2D eigenvalue weighted by atomic mass is 10.1. The van der Waals surface area contributed by atoms with Crippen LogP contribution in [0.4, 0.5) is 0 Å². The summed E-state index contributed by atoms with van der Waals surface area (Å²) < 4.78 is 10.4. The van der Waals surface area contributed by atoms with Gasteiger partial charge in [0.2, 0.25) is 0 Å². The van der Waals surface area contributed by atoms with Crippen molar-refractivity contribution in [3.05, 3.63) is 23.7 Å². The number of methoxy groups -OCH3 is 1. The summed E-state index contributed by atoms with van der Waals surface area (Å²) >= 11 is 0. The van der Waals surface area contributed by atoms with Crippen LogP contribution in [0.2, 0.25) is 0 Å². The number of rotatable bonds is 4. The van der Waals surface area contributed by atoms with Gasteiger partial charge in [0.05, 0.1) is 19.4 Å². The Morgan fingerprint density at radius 2 is 2.14 bits per heavy atom. The molecule has 0 unspecified atom stereocenters. The molecule has 0 amide bonds. The van der Waals surface area contributed by atoms with E-state index in [1.807, 2.05) is 6.07 Å². The zero-order chi connectivity index (χ0) is 10.6. The fourth-order valence-corrected chi connectivity index (χ4v) is 1.15. The van der Waals surface area contributed by atoms with Crippen LogP contribution in [-0.2, 0) is 17.9 Å². The Kier molecular flexibility index (Phi) is 3.72. The molecule has 0 saturated heterocycles. The second-order valence-electron chi connectivity index (χ2n) is 4.41. The summed E-state index contributed by atoms with van der Waals surface area (Å²) in [5.74, 6) is 0.960. The Balaban J connectivity index is 2.53. The minimum absolute atomic E-state index is 0.108. The van der Waals surface area contributed by atoms with Crippen LogP contribution in [0.15, 0.2) is 16.7 Å². The number of ether oxygens (including phenoxy) is 1. The Morgan fingerprint density at radius 1 is 1.43 bits per heavy atom. The summed E-state index contributed by atoms with van der Waals surface area (Å²) in [5.41, 5.74) is 1.22. The van der Waals surface area contributed by atoms with Crippen molar-refractivity contribution in [1.29, 1.82) is 0 Å². The fraction of sp³-hybridized carbons (Fsp3) is 0.636. The number of hydrogen-bond acceptors (Lipinski definition) is 3. The Hall–Kier alpha value is -0.800. The van der Waals surface area contributed by atoms with Crippen LogP contribution in [0.25, 0.3) is 0 Å². The molecule has 0 radical (unpaired) electrons. The molecule has 0 aliphatic heterocycles. The maximum Gasteiger partial charge on any atom is 0.123 e. The molecule has 0 aliphatic carbocycles. The molecule has 80 valence electrons. The minimum Gasteiger partial charge on any atom is -0.468 e. The first-order valence-electron chi connectivity index (χ1n) is 4.82. The molecule has 0 atom stereocenters. The smallest absolute Gasteiger partial charge is 0.123 e. The molecule has 1 rings (SSSR count). The van der Waals surface area contributed by atoms with Crippen LogP contribution in [0.5, 0.6) is 0 Å². The van der Waals surface area contributed by atoms with E-state index in [-0.39, 0.29) is 5.54 Å². The molecule has 0 saturated carbocycles. The third kappa shape index (κ3) is 3.52. The SMILES string of the molecule is COCc1ccoc1CNC(C)(C)C. The summed E-state index contributed by atoms with van der Waals surface area (Å²) in [5, 5.41) is 3.37. The van der Waals surface area contributed by atoms with Crippen molar-refractivity contribution in [2.24, 2.45) is 0 Å². The van der Waals surface area contributed by atoms with E-state index in [0.29, 0.717) is 6.61 Å². The summed E-state index contributed by atoms with van der Waals surface area (Å²) in [6, 6.07) is 1.95. The second kappa shape index (κ2) is 4.62. The van der Waals surface area contributed by atoms with Crippen LogP contribution in [-0.4, -0.2) is 12.6 Å². The molecule has 0 aromatic carbocycles. The molecule has 3 heteroatoms. The summed E-state index contributed by atoms with van der Waals surface area (Å²) in [6.07, 6.45) is 1.70. The standard InChI is InChI=1S/C11H19NO2/c1-11(2,3)12-7-10-9(8-13-4)5-6-14-10/h5-6,12H,7-8H2,1-4H3. The molecule has 1 aromatic rings. The van der Waals surface area contributed by atoms with E-state index in [1.165, 1.54) is 0 Å². The maximum atomic E-state index is 5.37. The molecule has 0 aliphatic rings. The van der Waals surface area contributed by atoms with Crippen LogP contribution >= 0.6 is 0 Å². The molecule has 1 aromatic heterocycles. The molecule has 0 spiro atoms. The summed E-state index contributed by atoms with van der Waals surface area (Å²) in [4.78, 5) is 0. The summed E-state index contributed by atoms with van der Waals surface area (Å²) in [6.45, 7) is 7.75. The topological polar surface area (TPSA) is 34.4 Å². The van der Waals surface area contributed by atoms with Gasteiger partial charge in [0.15, 0.2) is 0 Å². The van der Waals surface area contributed by atoms with E-state index in [1.54, 1.807) is 13.4 Å². The van der Waals surface area contributed by atoms with E-state index in [4.69, 9.17) is 9.15 Å². The lowest BCUT2D eigenvalue weighted by Gasteiger charge is -2.19. The van der Waals surface area contributed by atoms with Gasteiger partial charge < -0.3 is 14.5 Å². The Bertz CT molecular complexity index is 273. The first kappa shape index (κ1) is 11.3. The van der Waals surface area contributed by atoms with E-state index in [2.05, 4.69) is 26.1 Å². The molecule has 1 N–H and O–H groups in total. The minimum atomic E-state index is 0.108. The third-order valence-electron chi connectivity index (χ3n) is 1.92. The quantitative estimate of drug-likeness (QED) is 0.804. The Labute approximate surface area is 85.4 Å². The average Bonchev–Trinajstić information content (AvgIpc) is 2.48. The lowest BCUT2D eigenvalue weighted by Crippen LogP contribution is -2.35. The van der Waals surface area contributed by atoms with Crippen LogP contribution in [0.3, 0.4) is 0 Å². The molecular weight excluding hydrogens is 178 g/mol. The highest BCUT2D eigenvalue weighted by Crippen LogP contribution is 2.12. The van der Waals surface area contributed by atoms with Crippen molar-refractivity contribution in [2.75, 3.05) is 7.11 Å². The molecular formula is C11H19NO2. The highest BCUT2D eigenvalue weighted by Gasteiger charge is 2.12. The van der Waals surface area contributed by atoms with Crippen molar-refractivity contribution in [2.45, 2.75) is 39.5 Å². The van der Waals surface area contributed by atoms with E-state index >= 15 is 0 Å². The van der Waals surface area contributed by atoms with E-state index in [9.17, 15) is 0 Å². The van der Waals surface area contributed by atoms with Crippen LogP contribution in [0.1, 0.15) is 32.1 Å². The molecule has 0 bridgehead atoms. The van der Waals surface area contributed by atoms with Crippen molar-refractivity contribution >= 4 is 0 Å². The van der Waals surface area contributed by atoms with Crippen molar-refractivity contribution in [3.63, 3.8) is 0 Å². The van der Waals surface area contributed by atoms with Crippen LogP contribution in [0, 0.1) is 0 Å². The maximum absolute atomic E-state index is 5.37. The second-order valence-corrected chi connectivity index (χ2v) is 4.41. The number of nitrogens with one attached hydrogen (secondary N) is 1. The van der Waals surface area contributed by atoms with Gasteiger partial charge >= 0.3 is 0 Å². The zero-order valence-corrected chi connectivity index (χ0v) is 9.39. The van der Waals surface area contributed by atoms with Gasteiger partial charge in [-0.25, -0.2) is 0 Å². The third-order valence-corrected chi connectivity index (χ3v) is 1.92. The van der Waals surface area contributed by atoms with Gasteiger partial charge in [-0.15, -0.1) is 0 Å². The average molecular weight is 197 g/mol. The largest absolute Gasteiger partial charge is 0.468 e. The fourth-order valence-electron chi connectivity index (χ4n) is 1.15. The molecule has 3 nitrogen and oxygen atoms in total. The van der Waals surface area contributed by atoms with Crippen molar-refractivity contribution < 1.29 is 9.15 Å². The molecule has 1 heterocycles. The van der Waals surface area contributed by atoms with Gasteiger partial charge in [0, 0.05) is 18.2 Å². The van der Waals surface area contributed by atoms with Gasteiger partial charge in [-0.1, -0.05) is 0 Å². The van der Waals surface area contributed by atoms with Gasteiger partial charge in [-0.05, 0) is 26.8 Å². The summed E-state index contributed by atoms with van der Waals surface area (Å²) in [7, 11) is 1.69. The van der Waals surface area contributed by atoms with Crippen molar-refractivity contribution in [1.82, 2.24) is 5.32 Å². The van der Waals surface area contributed by atoms with E-state index < -0.39 is 0 Å². The van der Waals surface area contributed by atoms with Gasteiger partial charge in [0.1, 0.15) is 5.76 Å². The van der Waals surface area contributed by atoms with Crippen LogP contribution < -0.4 is 5.32 Å².